The lowest BCUT2D eigenvalue weighted by Crippen LogP contribution is -2.31. The molecular weight excluding hydrogens is 428 g/mol. The van der Waals surface area contributed by atoms with Gasteiger partial charge in [0.05, 0.1) is 10.8 Å². The third kappa shape index (κ3) is 6.22. The number of benzene rings is 2. The molecule has 2 N–H and O–H groups in total. The fraction of sp³-hybridized carbons (Fsp3) is 0.286. The molecule has 1 amide bonds. The summed E-state index contributed by atoms with van der Waals surface area (Å²) in [6.45, 7) is 4.00. The highest BCUT2D eigenvalue weighted by Gasteiger charge is 2.17. The van der Waals surface area contributed by atoms with E-state index in [1.54, 1.807) is 56.3 Å². The van der Waals surface area contributed by atoms with Crippen LogP contribution < -0.4 is 19.5 Å². The summed E-state index contributed by atoms with van der Waals surface area (Å²) in [4.78, 5) is 12.1. The standard InChI is InChI=1S/C21H23ClN2O5S/c1-14(2)24-30(26,27)12-16-5-3-15(4-6-16)11-23-20(25)8-7-17-9-18(22)21-19(10-17)28-13-29-21/h3-10,14,24H,11-13H2,1-2H3,(H,23,25)/b8-7+. The predicted molar refractivity (Wildman–Crippen MR) is 116 cm³/mol. The molecule has 0 atom stereocenters. The molecule has 0 fully saturated rings. The van der Waals surface area contributed by atoms with Crippen LogP contribution in [0, 0.1) is 0 Å². The highest BCUT2D eigenvalue weighted by atomic mass is 35.5. The Morgan fingerprint density at radius 1 is 1.17 bits per heavy atom. The minimum Gasteiger partial charge on any atom is -0.454 e. The van der Waals surface area contributed by atoms with Crippen molar-refractivity contribution < 1.29 is 22.7 Å². The Labute approximate surface area is 181 Å². The molecule has 0 spiro atoms. The molecule has 0 aromatic heterocycles. The van der Waals surface area contributed by atoms with Crippen molar-refractivity contribution >= 4 is 33.6 Å². The van der Waals surface area contributed by atoms with Crippen LogP contribution in [0.25, 0.3) is 6.08 Å². The van der Waals surface area contributed by atoms with E-state index in [9.17, 15) is 13.2 Å². The van der Waals surface area contributed by atoms with E-state index in [0.29, 0.717) is 28.6 Å². The topological polar surface area (TPSA) is 93.7 Å². The van der Waals surface area contributed by atoms with Gasteiger partial charge in [0, 0.05) is 18.7 Å². The Hall–Kier alpha value is -2.55. The predicted octanol–water partition coefficient (Wildman–Crippen LogP) is 3.23. The first kappa shape index (κ1) is 22.1. The van der Waals surface area contributed by atoms with Crippen LogP contribution in [-0.4, -0.2) is 27.2 Å². The second-order valence-corrected chi connectivity index (χ2v) is 9.30. The molecule has 0 saturated carbocycles. The van der Waals surface area contributed by atoms with E-state index in [1.807, 2.05) is 0 Å². The fourth-order valence-corrected chi connectivity index (χ4v) is 4.58. The molecule has 2 aromatic rings. The monoisotopic (exact) mass is 450 g/mol. The molecular formula is C21H23ClN2O5S. The summed E-state index contributed by atoms with van der Waals surface area (Å²) in [7, 11) is -3.37. The molecule has 0 unspecified atom stereocenters. The Kier molecular flexibility index (Phi) is 7.02. The van der Waals surface area contributed by atoms with Crippen LogP contribution in [0.1, 0.15) is 30.5 Å². The van der Waals surface area contributed by atoms with Crippen LogP contribution in [0.3, 0.4) is 0 Å². The van der Waals surface area contributed by atoms with E-state index < -0.39 is 10.0 Å². The van der Waals surface area contributed by atoms with E-state index in [-0.39, 0.29) is 24.5 Å². The zero-order chi connectivity index (χ0) is 21.7. The Balaban J connectivity index is 1.52. The molecule has 1 aliphatic heterocycles. The molecule has 9 heteroatoms. The summed E-state index contributed by atoms with van der Waals surface area (Å²) < 4.78 is 37.1. The van der Waals surface area contributed by atoms with Gasteiger partial charge in [0.25, 0.3) is 0 Å². The van der Waals surface area contributed by atoms with Crippen molar-refractivity contribution in [1.82, 2.24) is 10.0 Å². The van der Waals surface area contributed by atoms with Gasteiger partial charge in [-0.15, -0.1) is 0 Å². The summed E-state index contributed by atoms with van der Waals surface area (Å²) in [6, 6.07) is 10.4. The van der Waals surface area contributed by atoms with Gasteiger partial charge in [0.15, 0.2) is 11.5 Å². The molecule has 7 nitrogen and oxygen atoms in total. The third-order valence-corrected chi connectivity index (χ3v) is 5.96. The van der Waals surface area contributed by atoms with Crippen molar-refractivity contribution in [3.63, 3.8) is 0 Å². The highest BCUT2D eigenvalue weighted by molar-refractivity contribution is 7.88. The van der Waals surface area contributed by atoms with Gasteiger partial charge in [0.2, 0.25) is 22.7 Å². The summed E-state index contributed by atoms with van der Waals surface area (Å²) in [6.07, 6.45) is 3.05. The Morgan fingerprint density at radius 2 is 1.87 bits per heavy atom. The molecule has 1 aliphatic rings. The second kappa shape index (κ2) is 9.51. The van der Waals surface area contributed by atoms with Crippen LogP contribution in [0.4, 0.5) is 0 Å². The number of nitrogens with one attached hydrogen (secondary N) is 2. The zero-order valence-electron chi connectivity index (χ0n) is 16.6. The largest absolute Gasteiger partial charge is 0.454 e. The van der Waals surface area contributed by atoms with Crippen LogP contribution >= 0.6 is 11.6 Å². The average Bonchev–Trinajstić information content (AvgIpc) is 3.13. The first-order valence-electron chi connectivity index (χ1n) is 9.35. The lowest BCUT2D eigenvalue weighted by molar-refractivity contribution is -0.116. The minimum atomic E-state index is -3.37. The van der Waals surface area contributed by atoms with Crippen molar-refractivity contribution in [2.75, 3.05) is 6.79 Å². The molecule has 160 valence electrons. The molecule has 0 radical (unpaired) electrons. The van der Waals surface area contributed by atoms with Crippen molar-refractivity contribution in [3.8, 4) is 11.5 Å². The van der Waals surface area contributed by atoms with E-state index in [4.69, 9.17) is 21.1 Å². The molecule has 0 saturated heterocycles. The number of carbonyl (C=O) groups excluding carboxylic acids is 1. The second-order valence-electron chi connectivity index (χ2n) is 7.14. The van der Waals surface area contributed by atoms with E-state index in [0.717, 1.165) is 11.1 Å². The number of sulfonamides is 1. The van der Waals surface area contributed by atoms with Gasteiger partial charge >= 0.3 is 0 Å². The summed E-state index contributed by atoms with van der Waals surface area (Å²) in [5.41, 5.74) is 2.26. The summed E-state index contributed by atoms with van der Waals surface area (Å²) in [5, 5.41) is 3.21. The molecule has 0 aliphatic carbocycles. The quantitative estimate of drug-likeness (QED) is 0.602. The first-order valence-corrected chi connectivity index (χ1v) is 11.4. The smallest absolute Gasteiger partial charge is 0.244 e. The normalized spacial score (nSPS) is 13.2. The number of ether oxygens (including phenoxy) is 2. The number of carbonyl (C=O) groups is 1. The number of fused-ring (bicyclic) bond motifs is 1. The molecule has 0 bridgehead atoms. The first-order chi connectivity index (χ1) is 14.2. The van der Waals surface area contributed by atoms with Crippen molar-refractivity contribution in [2.45, 2.75) is 32.2 Å². The zero-order valence-corrected chi connectivity index (χ0v) is 18.2. The van der Waals surface area contributed by atoms with Gasteiger partial charge in [-0.25, -0.2) is 13.1 Å². The van der Waals surface area contributed by atoms with Crippen molar-refractivity contribution in [1.29, 1.82) is 0 Å². The highest BCUT2D eigenvalue weighted by Crippen LogP contribution is 2.40. The number of amides is 1. The van der Waals surface area contributed by atoms with Crippen LogP contribution in [-0.2, 0) is 27.1 Å². The molecule has 1 heterocycles. The average molecular weight is 451 g/mol. The lowest BCUT2D eigenvalue weighted by atomic mass is 10.1. The summed E-state index contributed by atoms with van der Waals surface area (Å²) in [5.74, 6) is 0.706. The van der Waals surface area contributed by atoms with Gasteiger partial charge < -0.3 is 14.8 Å². The van der Waals surface area contributed by atoms with Gasteiger partial charge in [-0.2, -0.15) is 0 Å². The van der Waals surface area contributed by atoms with Crippen LogP contribution in [0.2, 0.25) is 5.02 Å². The number of hydrogen-bond acceptors (Lipinski definition) is 5. The lowest BCUT2D eigenvalue weighted by Gasteiger charge is -2.10. The van der Waals surface area contributed by atoms with E-state index >= 15 is 0 Å². The van der Waals surface area contributed by atoms with Crippen LogP contribution in [0.15, 0.2) is 42.5 Å². The van der Waals surface area contributed by atoms with Crippen molar-refractivity contribution in [2.24, 2.45) is 0 Å². The molecule has 30 heavy (non-hydrogen) atoms. The summed E-state index contributed by atoms with van der Waals surface area (Å²) >= 11 is 6.13. The van der Waals surface area contributed by atoms with Crippen molar-refractivity contribution in [3.05, 3.63) is 64.2 Å². The maximum atomic E-state index is 12.1. The Bertz CT molecular complexity index is 1050. The number of halogens is 1. The minimum absolute atomic E-state index is 0.0847. The molecule has 2 aromatic carbocycles. The van der Waals surface area contributed by atoms with E-state index in [1.165, 1.54) is 6.08 Å². The van der Waals surface area contributed by atoms with Gasteiger partial charge in [0.1, 0.15) is 0 Å². The fourth-order valence-electron chi connectivity index (χ4n) is 2.88. The maximum Gasteiger partial charge on any atom is 0.244 e. The van der Waals surface area contributed by atoms with Gasteiger partial charge in [-0.05, 0) is 48.7 Å². The Morgan fingerprint density at radius 3 is 2.57 bits per heavy atom. The van der Waals surface area contributed by atoms with Gasteiger partial charge in [-0.3, -0.25) is 4.79 Å². The van der Waals surface area contributed by atoms with Gasteiger partial charge in [-0.1, -0.05) is 35.9 Å². The van der Waals surface area contributed by atoms with Crippen LogP contribution in [0.5, 0.6) is 11.5 Å². The van der Waals surface area contributed by atoms with E-state index in [2.05, 4.69) is 10.0 Å². The SMILES string of the molecule is CC(C)NS(=O)(=O)Cc1ccc(CNC(=O)/C=C/c2cc(Cl)c3c(c2)OCO3)cc1. The number of rotatable bonds is 8. The number of hydrogen-bond donors (Lipinski definition) is 2. The molecule has 3 rings (SSSR count). The maximum absolute atomic E-state index is 12.1. The third-order valence-electron chi connectivity index (χ3n) is 4.14.